The van der Waals surface area contributed by atoms with Crippen LogP contribution in [0, 0.1) is 0 Å². The molecule has 1 aliphatic heterocycles. The van der Waals surface area contributed by atoms with Gasteiger partial charge in [-0.1, -0.05) is 104 Å². The van der Waals surface area contributed by atoms with Crippen molar-refractivity contribution in [1.82, 2.24) is 0 Å². The van der Waals surface area contributed by atoms with Crippen molar-refractivity contribution >= 4 is 50.5 Å². The van der Waals surface area contributed by atoms with Crippen molar-refractivity contribution in [3.63, 3.8) is 0 Å². The first-order chi connectivity index (χ1) is 19.8. The van der Waals surface area contributed by atoms with Gasteiger partial charge >= 0.3 is 7.12 Å². The zero-order valence-corrected chi connectivity index (χ0v) is 24.3. The highest BCUT2D eigenvalue weighted by atomic mass is 16.7. The summed E-state index contributed by atoms with van der Waals surface area (Å²) in [6.07, 6.45) is 8.72. The molecule has 7 rings (SSSR count). The first-order valence-electron chi connectivity index (χ1n) is 14.6. The second-order valence-electron chi connectivity index (χ2n) is 12.4. The van der Waals surface area contributed by atoms with E-state index in [0.29, 0.717) is 0 Å². The quantitative estimate of drug-likeness (QED) is 0.169. The molecule has 5 aromatic rings. The zero-order chi connectivity index (χ0) is 28.4. The van der Waals surface area contributed by atoms with E-state index >= 15 is 0 Å². The van der Waals surface area contributed by atoms with Crippen LogP contribution in [-0.4, -0.2) is 18.3 Å². The zero-order valence-electron chi connectivity index (χ0n) is 24.3. The molecule has 0 unspecified atom stereocenters. The number of rotatable bonds is 4. The van der Waals surface area contributed by atoms with Gasteiger partial charge in [0.2, 0.25) is 0 Å². The number of benzene rings is 5. The van der Waals surface area contributed by atoms with Gasteiger partial charge in [-0.3, -0.25) is 0 Å². The minimum Gasteiger partial charge on any atom is -0.399 e. The molecule has 1 heterocycles. The first-order valence-corrected chi connectivity index (χ1v) is 14.6. The summed E-state index contributed by atoms with van der Waals surface area (Å²) in [5.74, 6) is 0. The largest absolute Gasteiger partial charge is 0.494 e. The number of hydrogen-bond donors (Lipinski definition) is 0. The molecule has 5 aromatic carbocycles. The average Bonchev–Trinajstić information content (AvgIpc) is 3.21. The number of allylic oxidation sites excluding steroid dienone is 5. The maximum absolute atomic E-state index is 6.51. The summed E-state index contributed by atoms with van der Waals surface area (Å²) in [5.41, 5.74) is 6.52. The third-order valence-corrected chi connectivity index (χ3v) is 9.30. The minimum atomic E-state index is -0.424. The molecule has 1 saturated heterocycles. The lowest BCUT2D eigenvalue weighted by atomic mass is 9.75. The summed E-state index contributed by atoms with van der Waals surface area (Å²) in [6.45, 7) is 12.5. The number of hydrogen-bond acceptors (Lipinski definition) is 2. The van der Waals surface area contributed by atoms with Crippen LogP contribution < -0.4 is 5.46 Å². The second-order valence-corrected chi connectivity index (χ2v) is 12.4. The van der Waals surface area contributed by atoms with Gasteiger partial charge in [0.25, 0.3) is 0 Å². The topological polar surface area (TPSA) is 18.5 Å². The van der Waals surface area contributed by atoms with Crippen molar-refractivity contribution in [2.45, 2.75) is 51.7 Å². The van der Waals surface area contributed by atoms with Gasteiger partial charge < -0.3 is 9.31 Å². The van der Waals surface area contributed by atoms with Crippen LogP contribution in [0.2, 0.25) is 0 Å². The Morgan fingerprint density at radius 1 is 0.707 bits per heavy atom. The number of fused-ring (bicyclic) bond motifs is 3. The Morgan fingerprint density at radius 3 is 2.10 bits per heavy atom. The van der Waals surface area contributed by atoms with Crippen LogP contribution in [0.5, 0.6) is 0 Å². The molecule has 41 heavy (non-hydrogen) atoms. The lowest BCUT2D eigenvalue weighted by Gasteiger charge is -2.32. The minimum absolute atomic E-state index is 0.400. The van der Waals surface area contributed by atoms with Crippen LogP contribution in [0.15, 0.2) is 115 Å². The highest BCUT2D eigenvalue weighted by molar-refractivity contribution is 6.62. The van der Waals surface area contributed by atoms with Gasteiger partial charge in [0, 0.05) is 0 Å². The molecule has 3 heteroatoms. The molecule has 0 spiro atoms. The van der Waals surface area contributed by atoms with Gasteiger partial charge in [-0.25, -0.2) is 0 Å². The Balaban J connectivity index is 1.55. The molecule has 2 nitrogen and oxygen atoms in total. The molecular weight excluding hydrogens is 499 g/mol. The molecule has 0 saturated carbocycles. The molecule has 2 aliphatic rings. The summed E-state index contributed by atoms with van der Waals surface area (Å²) in [5, 5.41) is 7.45. The molecule has 202 valence electrons. The fourth-order valence-electron chi connectivity index (χ4n) is 6.35. The van der Waals surface area contributed by atoms with Crippen molar-refractivity contribution in [3.8, 4) is 11.1 Å². The Labute approximate surface area is 243 Å². The van der Waals surface area contributed by atoms with E-state index in [4.69, 9.17) is 9.31 Å². The van der Waals surface area contributed by atoms with E-state index in [1.165, 1.54) is 60.2 Å². The van der Waals surface area contributed by atoms with Crippen LogP contribution >= 0.6 is 0 Å². The first kappa shape index (κ1) is 26.0. The Bertz CT molecular complexity index is 1910. The monoisotopic (exact) mass is 534 g/mol. The predicted molar refractivity (Wildman–Crippen MR) is 176 cm³/mol. The Kier molecular flexibility index (Phi) is 6.08. The summed E-state index contributed by atoms with van der Waals surface area (Å²) in [6, 6.07) is 31.0. The molecular formula is C38H35BO2. The standard InChI is InChI=1S/C38H35BO2/c1-6-25-12-11-15-28(22-25)36-32-17-10-9-16-31(32)35(29-19-18-26-13-7-8-14-27(26)23-29)33-21-20-30(24-34(33)36)39-40-37(2,3)38(4,5)41-39/h6-10,13-24H,1,11-12H2,2-5H3. The molecule has 0 radical (unpaired) electrons. The SMILES string of the molecule is C=CC1=CC(c2c3ccccc3c(-c3ccc4ccccc4c3)c3ccc(B4OC(C)(C)C(C)(C)O4)cc23)=CCC1. The van der Waals surface area contributed by atoms with E-state index in [0.717, 1.165) is 18.3 Å². The van der Waals surface area contributed by atoms with Crippen molar-refractivity contribution in [1.29, 1.82) is 0 Å². The van der Waals surface area contributed by atoms with E-state index in [-0.39, 0.29) is 0 Å². The van der Waals surface area contributed by atoms with Crippen LogP contribution in [0.1, 0.15) is 46.1 Å². The van der Waals surface area contributed by atoms with Gasteiger partial charge in [-0.2, -0.15) is 0 Å². The molecule has 1 fully saturated rings. The van der Waals surface area contributed by atoms with E-state index < -0.39 is 18.3 Å². The van der Waals surface area contributed by atoms with Crippen LogP contribution in [0.25, 0.3) is 49.0 Å². The smallest absolute Gasteiger partial charge is 0.399 e. The highest BCUT2D eigenvalue weighted by Gasteiger charge is 2.51. The molecule has 0 bridgehead atoms. The van der Waals surface area contributed by atoms with Gasteiger partial charge in [0.05, 0.1) is 11.2 Å². The lowest BCUT2D eigenvalue weighted by molar-refractivity contribution is 0.00578. The fourth-order valence-corrected chi connectivity index (χ4v) is 6.35. The van der Waals surface area contributed by atoms with Crippen molar-refractivity contribution < 1.29 is 9.31 Å². The summed E-state index contributed by atoms with van der Waals surface area (Å²) < 4.78 is 13.0. The third kappa shape index (κ3) is 4.27. The van der Waals surface area contributed by atoms with Crippen LogP contribution in [0.3, 0.4) is 0 Å². The van der Waals surface area contributed by atoms with Gasteiger partial charge in [-0.05, 0) is 112 Å². The maximum atomic E-state index is 6.51. The van der Waals surface area contributed by atoms with Crippen molar-refractivity contribution in [3.05, 3.63) is 121 Å². The second kappa shape index (κ2) is 9.58. The predicted octanol–water partition coefficient (Wildman–Crippen LogP) is 9.40. The van der Waals surface area contributed by atoms with Crippen LogP contribution in [0.4, 0.5) is 0 Å². The molecule has 0 aromatic heterocycles. The summed E-state index contributed by atoms with van der Waals surface area (Å²) in [4.78, 5) is 0. The van der Waals surface area contributed by atoms with E-state index in [2.05, 4.69) is 131 Å². The summed E-state index contributed by atoms with van der Waals surface area (Å²) >= 11 is 0. The Morgan fingerprint density at radius 2 is 1.37 bits per heavy atom. The van der Waals surface area contributed by atoms with Gasteiger partial charge in [0.15, 0.2) is 0 Å². The van der Waals surface area contributed by atoms with Gasteiger partial charge in [-0.15, -0.1) is 0 Å². The van der Waals surface area contributed by atoms with Crippen molar-refractivity contribution in [2.24, 2.45) is 0 Å². The van der Waals surface area contributed by atoms with E-state index in [1.54, 1.807) is 0 Å². The van der Waals surface area contributed by atoms with Gasteiger partial charge in [0.1, 0.15) is 0 Å². The Hall–Kier alpha value is -3.92. The summed E-state index contributed by atoms with van der Waals surface area (Å²) in [7, 11) is -0.424. The fraction of sp³-hybridized carbons (Fsp3) is 0.211. The van der Waals surface area contributed by atoms with E-state index in [9.17, 15) is 0 Å². The average molecular weight is 535 g/mol. The molecule has 0 amide bonds. The maximum Gasteiger partial charge on any atom is 0.494 e. The third-order valence-electron chi connectivity index (χ3n) is 9.30. The van der Waals surface area contributed by atoms with Crippen LogP contribution in [-0.2, 0) is 9.31 Å². The molecule has 0 atom stereocenters. The normalized spacial score (nSPS) is 18.1. The van der Waals surface area contributed by atoms with Crippen molar-refractivity contribution in [2.75, 3.05) is 0 Å². The lowest BCUT2D eigenvalue weighted by Crippen LogP contribution is -2.41. The molecule has 0 N–H and O–H groups in total. The molecule has 1 aliphatic carbocycles. The highest BCUT2D eigenvalue weighted by Crippen LogP contribution is 2.44. The van der Waals surface area contributed by atoms with E-state index in [1.807, 2.05) is 6.08 Å².